The summed E-state index contributed by atoms with van der Waals surface area (Å²) < 4.78 is 16.7. The molecule has 2 aromatic carbocycles. The molecule has 6 nitrogen and oxygen atoms in total. The molecule has 0 spiro atoms. The molecule has 0 heterocycles. The van der Waals surface area contributed by atoms with Gasteiger partial charge in [0.2, 0.25) is 0 Å². The predicted octanol–water partition coefficient (Wildman–Crippen LogP) is 4.84. The zero-order valence-corrected chi connectivity index (χ0v) is 16.6. The summed E-state index contributed by atoms with van der Waals surface area (Å²) in [6.45, 7) is 6.62. The number of nitrogens with one attached hydrogen (secondary N) is 1. The molecular formula is C20H24ClNO5. The molecule has 0 amide bonds. The number of hydrogen-bond donors (Lipinski definition) is 2. The van der Waals surface area contributed by atoms with E-state index < -0.39 is 5.97 Å². The monoisotopic (exact) mass is 393 g/mol. The van der Waals surface area contributed by atoms with Crippen LogP contribution in [0.25, 0.3) is 0 Å². The maximum absolute atomic E-state index is 11.2. The zero-order chi connectivity index (χ0) is 20.0. The fourth-order valence-electron chi connectivity index (χ4n) is 2.50. The van der Waals surface area contributed by atoms with E-state index in [4.69, 9.17) is 25.8 Å². The van der Waals surface area contributed by atoms with Crippen molar-refractivity contribution in [2.75, 3.05) is 19.0 Å². The summed E-state index contributed by atoms with van der Waals surface area (Å²) in [6, 6.07) is 8.18. The Bertz CT molecular complexity index is 807. The molecule has 0 bridgehead atoms. The lowest BCUT2D eigenvalue weighted by Gasteiger charge is -2.18. The largest absolute Gasteiger partial charge is 0.495 e. The summed E-state index contributed by atoms with van der Waals surface area (Å²) in [5.41, 5.74) is 1.52. The molecule has 0 fully saturated rings. The molecule has 0 aromatic heterocycles. The van der Waals surface area contributed by atoms with Crippen molar-refractivity contribution in [3.63, 3.8) is 0 Å². The van der Waals surface area contributed by atoms with E-state index in [1.807, 2.05) is 26.8 Å². The van der Waals surface area contributed by atoms with Crippen LogP contribution in [-0.4, -0.2) is 30.9 Å². The van der Waals surface area contributed by atoms with Crippen molar-refractivity contribution in [1.29, 1.82) is 0 Å². The van der Waals surface area contributed by atoms with Crippen LogP contribution < -0.4 is 19.5 Å². The first-order chi connectivity index (χ1) is 12.8. The maximum atomic E-state index is 11.2. The first-order valence-electron chi connectivity index (χ1n) is 8.62. The van der Waals surface area contributed by atoms with Crippen molar-refractivity contribution in [3.8, 4) is 17.2 Å². The third kappa shape index (κ3) is 5.44. The summed E-state index contributed by atoms with van der Waals surface area (Å²) in [5.74, 6) is 0.734. The van der Waals surface area contributed by atoms with Gasteiger partial charge in [-0.05, 0) is 50.6 Å². The highest BCUT2D eigenvalue weighted by Crippen LogP contribution is 2.35. The number of anilines is 1. The summed E-state index contributed by atoms with van der Waals surface area (Å²) in [7, 11) is 1.53. The number of carboxylic acids is 1. The van der Waals surface area contributed by atoms with E-state index in [-0.39, 0.29) is 11.7 Å². The van der Waals surface area contributed by atoms with Crippen LogP contribution in [-0.2, 0) is 6.54 Å². The van der Waals surface area contributed by atoms with Gasteiger partial charge in [0, 0.05) is 17.6 Å². The molecule has 2 rings (SSSR count). The summed E-state index contributed by atoms with van der Waals surface area (Å²) in [6.07, 6.45) is -0.00716. The second-order valence-corrected chi connectivity index (χ2v) is 6.47. The smallest absolute Gasteiger partial charge is 0.335 e. The number of aromatic carboxylic acids is 1. The minimum Gasteiger partial charge on any atom is -0.495 e. The lowest BCUT2D eigenvalue weighted by molar-refractivity contribution is 0.0697. The van der Waals surface area contributed by atoms with Crippen molar-refractivity contribution >= 4 is 23.3 Å². The molecule has 0 atom stereocenters. The first kappa shape index (κ1) is 20.7. The van der Waals surface area contributed by atoms with Crippen LogP contribution in [0, 0.1) is 0 Å². The molecule has 0 aliphatic carbocycles. The Balaban J connectivity index is 2.28. The molecule has 27 heavy (non-hydrogen) atoms. The normalized spacial score (nSPS) is 10.6. The van der Waals surface area contributed by atoms with Crippen molar-refractivity contribution in [2.45, 2.75) is 33.4 Å². The number of carbonyl (C=O) groups is 1. The standard InChI is InChI=1S/C20H24ClNO5/c1-5-26-18-9-14(15(21)10-19(18)27-12(2)3)11-22-16-8-13(20(23)24)6-7-17(16)25-4/h6-10,12,22H,5,11H2,1-4H3,(H,23,24). The van der Waals surface area contributed by atoms with Gasteiger partial charge >= 0.3 is 5.97 Å². The number of ether oxygens (including phenoxy) is 3. The summed E-state index contributed by atoms with van der Waals surface area (Å²) in [5, 5.41) is 12.9. The van der Waals surface area contributed by atoms with Crippen molar-refractivity contribution in [1.82, 2.24) is 0 Å². The second kappa shape index (κ2) is 9.37. The predicted molar refractivity (Wildman–Crippen MR) is 106 cm³/mol. The van der Waals surface area contributed by atoms with Crippen LogP contribution in [0.2, 0.25) is 5.02 Å². The van der Waals surface area contributed by atoms with Gasteiger partial charge in [-0.1, -0.05) is 11.6 Å². The lowest BCUT2D eigenvalue weighted by Crippen LogP contribution is -2.09. The van der Waals surface area contributed by atoms with Crippen LogP contribution in [0.1, 0.15) is 36.7 Å². The highest BCUT2D eigenvalue weighted by molar-refractivity contribution is 6.31. The number of methoxy groups -OCH3 is 1. The second-order valence-electron chi connectivity index (χ2n) is 6.06. The lowest BCUT2D eigenvalue weighted by atomic mass is 10.1. The number of hydrogen-bond acceptors (Lipinski definition) is 5. The highest BCUT2D eigenvalue weighted by Gasteiger charge is 2.14. The van der Waals surface area contributed by atoms with E-state index in [0.717, 1.165) is 5.56 Å². The van der Waals surface area contributed by atoms with Crippen LogP contribution in [0.3, 0.4) is 0 Å². The topological polar surface area (TPSA) is 77.0 Å². The van der Waals surface area contributed by atoms with Gasteiger partial charge in [-0.25, -0.2) is 4.79 Å². The van der Waals surface area contributed by atoms with Gasteiger partial charge in [0.1, 0.15) is 5.75 Å². The molecule has 0 saturated carbocycles. The average Bonchev–Trinajstić information content (AvgIpc) is 2.62. The third-order valence-electron chi connectivity index (χ3n) is 3.69. The number of rotatable bonds is 9. The van der Waals surface area contributed by atoms with E-state index in [9.17, 15) is 9.90 Å². The molecule has 2 aromatic rings. The van der Waals surface area contributed by atoms with Gasteiger partial charge in [-0.15, -0.1) is 0 Å². The van der Waals surface area contributed by atoms with Gasteiger partial charge in [0.25, 0.3) is 0 Å². The minimum absolute atomic E-state index is 0.00716. The van der Waals surface area contributed by atoms with Gasteiger partial charge in [0.05, 0.1) is 31.1 Å². The van der Waals surface area contributed by atoms with Gasteiger partial charge in [-0.2, -0.15) is 0 Å². The molecule has 7 heteroatoms. The van der Waals surface area contributed by atoms with Crippen molar-refractivity contribution in [3.05, 3.63) is 46.5 Å². The van der Waals surface area contributed by atoms with Crippen LogP contribution in [0.4, 0.5) is 5.69 Å². The van der Waals surface area contributed by atoms with Crippen LogP contribution in [0.5, 0.6) is 17.2 Å². The Kier molecular flexibility index (Phi) is 7.19. The zero-order valence-electron chi connectivity index (χ0n) is 15.8. The number of halogens is 1. The molecule has 0 unspecified atom stereocenters. The van der Waals surface area contributed by atoms with Crippen LogP contribution in [0.15, 0.2) is 30.3 Å². The molecule has 0 saturated heterocycles. The SMILES string of the molecule is CCOc1cc(CNc2cc(C(=O)O)ccc2OC)c(Cl)cc1OC(C)C. The van der Waals surface area contributed by atoms with E-state index in [1.54, 1.807) is 12.1 Å². The maximum Gasteiger partial charge on any atom is 0.335 e. The van der Waals surface area contributed by atoms with E-state index >= 15 is 0 Å². The third-order valence-corrected chi connectivity index (χ3v) is 4.04. The Hall–Kier alpha value is -2.60. The molecule has 0 aliphatic heterocycles. The van der Waals surface area contributed by atoms with Crippen molar-refractivity contribution < 1.29 is 24.1 Å². The Morgan fingerprint density at radius 1 is 1.19 bits per heavy atom. The Labute approximate surface area is 164 Å². The van der Waals surface area contributed by atoms with Gasteiger partial charge < -0.3 is 24.6 Å². The molecule has 0 radical (unpaired) electrons. The molecular weight excluding hydrogens is 370 g/mol. The average molecular weight is 394 g/mol. The molecule has 2 N–H and O–H groups in total. The van der Waals surface area contributed by atoms with Gasteiger partial charge in [0.15, 0.2) is 11.5 Å². The van der Waals surface area contributed by atoms with E-state index in [1.165, 1.54) is 19.2 Å². The Morgan fingerprint density at radius 2 is 1.93 bits per heavy atom. The minimum atomic E-state index is -1.01. The van der Waals surface area contributed by atoms with E-state index in [0.29, 0.717) is 41.1 Å². The van der Waals surface area contributed by atoms with Gasteiger partial charge in [-0.3, -0.25) is 0 Å². The van der Waals surface area contributed by atoms with Crippen molar-refractivity contribution in [2.24, 2.45) is 0 Å². The highest BCUT2D eigenvalue weighted by atomic mass is 35.5. The summed E-state index contributed by atoms with van der Waals surface area (Å²) in [4.78, 5) is 11.2. The first-order valence-corrected chi connectivity index (χ1v) is 9.00. The van der Waals surface area contributed by atoms with E-state index in [2.05, 4.69) is 5.32 Å². The quantitative estimate of drug-likeness (QED) is 0.634. The number of carboxylic acid groups (broad SMARTS) is 1. The number of benzene rings is 2. The van der Waals surface area contributed by atoms with Crippen LogP contribution >= 0.6 is 11.6 Å². The fourth-order valence-corrected chi connectivity index (χ4v) is 2.72. The Morgan fingerprint density at radius 3 is 2.52 bits per heavy atom. The fraction of sp³-hybridized carbons (Fsp3) is 0.350. The molecule has 0 aliphatic rings. The molecule has 146 valence electrons. The summed E-state index contributed by atoms with van der Waals surface area (Å²) >= 11 is 6.41.